The van der Waals surface area contributed by atoms with Gasteiger partial charge in [0.15, 0.2) is 5.82 Å². The first kappa shape index (κ1) is 9.08. The van der Waals surface area contributed by atoms with Crippen LogP contribution in [0.4, 0.5) is 0 Å². The van der Waals surface area contributed by atoms with Crippen molar-refractivity contribution in [2.45, 2.75) is 0 Å². The number of aromatic nitrogens is 5. The first-order valence-electron chi connectivity index (χ1n) is 5.03. The molecule has 0 radical (unpaired) electrons. The summed E-state index contributed by atoms with van der Waals surface area (Å²) in [6.45, 7) is 0. The van der Waals surface area contributed by atoms with Gasteiger partial charge in [0.1, 0.15) is 0 Å². The summed E-state index contributed by atoms with van der Waals surface area (Å²) in [5.41, 5.74) is 2.24. The molecule has 16 heavy (non-hydrogen) atoms. The molecule has 0 atom stereocenters. The molecule has 2 heterocycles. The minimum Gasteiger partial charge on any atom is -0.351 e. The molecule has 0 aliphatic rings. The lowest BCUT2D eigenvalue weighted by Gasteiger charge is -2.00. The smallest absolute Gasteiger partial charge is 0.181 e. The number of benzene rings is 1. The Balaban J connectivity index is 2.23. The van der Waals surface area contributed by atoms with Gasteiger partial charge in [-0.05, 0) is 34.7 Å². The topological polar surface area (TPSA) is 48.5 Å². The quantitative estimate of drug-likeness (QED) is 0.613. The van der Waals surface area contributed by atoms with Crippen LogP contribution in [0, 0.1) is 0 Å². The average Bonchev–Trinajstić information content (AvgIpc) is 2.86. The van der Waals surface area contributed by atoms with E-state index in [4.69, 9.17) is 0 Å². The van der Waals surface area contributed by atoms with Crippen LogP contribution in [0.3, 0.4) is 0 Å². The van der Waals surface area contributed by atoms with Crippen LogP contribution >= 0.6 is 0 Å². The molecule has 0 amide bonds. The van der Waals surface area contributed by atoms with Gasteiger partial charge in [-0.3, -0.25) is 0 Å². The summed E-state index contributed by atoms with van der Waals surface area (Å²) in [5.74, 6) is 0.783. The molecule has 0 aliphatic carbocycles. The summed E-state index contributed by atoms with van der Waals surface area (Å²) < 4.78 is 3.76. The molecule has 1 aromatic carbocycles. The highest BCUT2D eigenvalue weighted by Gasteiger charge is 2.07. The predicted molar refractivity (Wildman–Crippen MR) is 60.7 cm³/mol. The molecule has 80 valence electrons. The van der Waals surface area contributed by atoms with Crippen molar-refractivity contribution in [3.8, 4) is 11.4 Å². The van der Waals surface area contributed by atoms with Crippen LogP contribution < -0.4 is 0 Å². The Hall–Kier alpha value is -2.17. The van der Waals surface area contributed by atoms with Gasteiger partial charge in [-0.2, -0.15) is 0 Å². The number of fused-ring (bicyclic) bond motifs is 1. The second kappa shape index (κ2) is 3.16. The van der Waals surface area contributed by atoms with Crippen LogP contribution in [0.25, 0.3) is 22.3 Å². The summed E-state index contributed by atoms with van der Waals surface area (Å²) in [4.78, 5) is 0. The van der Waals surface area contributed by atoms with Crippen LogP contribution in [0.1, 0.15) is 0 Å². The summed E-state index contributed by atoms with van der Waals surface area (Å²) >= 11 is 0. The van der Waals surface area contributed by atoms with Crippen molar-refractivity contribution < 1.29 is 0 Å². The van der Waals surface area contributed by atoms with E-state index in [1.807, 2.05) is 26.4 Å². The van der Waals surface area contributed by atoms with Crippen molar-refractivity contribution in [2.24, 2.45) is 14.1 Å². The Morgan fingerprint density at radius 2 is 2.00 bits per heavy atom. The number of nitrogens with zero attached hydrogens (tertiary/aromatic N) is 5. The molecule has 0 unspecified atom stereocenters. The lowest BCUT2D eigenvalue weighted by Crippen LogP contribution is -1.94. The zero-order valence-electron chi connectivity index (χ0n) is 9.12. The molecule has 2 aromatic heterocycles. The Kier molecular flexibility index (Phi) is 1.80. The van der Waals surface area contributed by atoms with Crippen LogP contribution in [0.5, 0.6) is 0 Å². The van der Waals surface area contributed by atoms with E-state index < -0.39 is 0 Å². The van der Waals surface area contributed by atoms with Crippen LogP contribution in [-0.2, 0) is 14.1 Å². The fourth-order valence-electron chi connectivity index (χ4n) is 1.89. The Morgan fingerprint density at radius 3 is 2.75 bits per heavy atom. The second-order valence-corrected chi connectivity index (χ2v) is 3.83. The Morgan fingerprint density at radius 1 is 1.12 bits per heavy atom. The van der Waals surface area contributed by atoms with E-state index in [0.29, 0.717) is 0 Å². The highest BCUT2D eigenvalue weighted by atomic mass is 15.5. The number of hydrogen-bond donors (Lipinski definition) is 0. The van der Waals surface area contributed by atoms with Gasteiger partial charge in [-0.1, -0.05) is 0 Å². The normalized spacial score (nSPS) is 11.1. The summed E-state index contributed by atoms with van der Waals surface area (Å²) in [6, 6.07) is 8.30. The molecular formula is C11H11N5. The third-order valence-electron chi connectivity index (χ3n) is 2.76. The lowest BCUT2D eigenvalue weighted by molar-refractivity contribution is 0.715. The van der Waals surface area contributed by atoms with Gasteiger partial charge < -0.3 is 4.57 Å². The Bertz CT molecular complexity index is 649. The zero-order chi connectivity index (χ0) is 11.1. The van der Waals surface area contributed by atoms with Gasteiger partial charge >= 0.3 is 0 Å². The maximum atomic E-state index is 3.99. The molecule has 3 aromatic rings. The van der Waals surface area contributed by atoms with Gasteiger partial charge in [0.25, 0.3) is 0 Å². The minimum atomic E-state index is 0.783. The van der Waals surface area contributed by atoms with Gasteiger partial charge in [-0.25, -0.2) is 4.68 Å². The molecule has 0 saturated heterocycles. The van der Waals surface area contributed by atoms with Crippen LogP contribution in [-0.4, -0.2) is 24.8 Å². The standard InChI is InChI=1S/C11H11N5/c1-15-6-5-8-7-9(3-4-10(8)15)11-12-13-14-16(11)2/h3-7H,1-2H3. The molecule has 5 heteroatoms. The molecule has 0 saturated carbocycles. The van der Waals surface area contributed by atoms with Crippen LogP contribution in [0.15, 0.2) is 30.5 Å². The molecule has 0 bridgehead atoms. The maximum absolute atomic E-state index is 3.99. The Labute approximate surface area is 92.3 Å². The van der Waals surface area contributed by atoms with E-state index in [1.54, 1.807) is 4.68 Å². The monoisotopic (exact) mass is 213 g/mol. The highest BCUT2D eigenvalue weighted by molar-refractivity contribution is 5.84. The molecule has 0 N–H and O–H groups in total. The number of aryl methyl sites for hydroxylation is 2. The lowest BCUT2D eigenvalue weighted by atomic mass is 10.1. The third-order valence-corrected chi connectivity index (χ3v) is 2.76. The molecular weight excluding hydrogens is 202 g/mol. The second-order valence-electron chi connectivity index (χ2n) is 3.83. The van der Waals surface area contributed by atoms with Crippen molar-refractivity contribution in [1.29, 1.82) is 0 Å². The molecule has 5 nitrogen and oxygen atoms in total. The maximum Gasteiger partial charge on any atom is 0.181 e. The van der Waals surface area contributed by atoms with Gasteiger partial charge in [0.2, 0.25) is 0 Å². The summed E-state index contributed by atoms with van der Waals surface area (Å²) in [5, 5.41) is 12.7. The van der Waals surface area contributed by atoms with E-state index in [-0.39, 0.29) is 0 Å². The number of rotatable bonds is 1. The van der Waals surface area contributed by atoms with Crippen molar-refractivity contribution in [2.75, 3.05) is 0 Å². The first-order chi connectivity index (χ1) is 7.75. The summed E-state index contributed by atoms with van der Waals surface area (Å²) in [6.07, 6.45) is 2.05. The molecule has 0 aliphatic heterocycles. The van der Waals surface area contributed by atoms with Gasteiger partial charge in [0, 0.05) is 36.8 Å². The van der Waals surface area contributed by atoms with Gasteiger partial charge in [-0.15, -0.1) is 5.10 Å². The van der Waals surface area contributed by atoms with Crippen molar-refractivity contribution >= 4 is 10.9 Å². The predicted octanol–water partition coefficient (Wildman–Crippen LogP) is 1.37. The summed E-state index contributed by atoms with van der Waals surface area (Å²) in [7, 11) is 3.87. The SMILES string of the molecule is Cn1nnnc1-c1ccc2c(ccn2C)c1. The van der Waals surface area contributed by atoms with Crippen molar-refractivity contribution in [3.63, 3.8) is 0 Å². The zero-order valence-corrected chi connectivity index (χ0v) is 9.12. The van der Waals surface area contributed by atoms with E-state index in [1.165, 1.54) is 10.9 Å². The largest absolute Gasteiger partial charge is 0.351 e. The molecule has 0 spiro atoms. The van der Waals surface area contributed by atoms with Gasteiger partial charge in [0.05, 0.1) is 0 Å². The van der Waals surface area contributed by atoms with Crippen molar-refractivity contribution in [3.05, 3.63) is 30.5 Å². The number of hydrogen-bond acceptors (Lipinski definition) is 3. The fraction of sp³-hybridized carbons (Fsp3) is 0.182. The van der Waals surface area contributed by atoms with Crippen molar-refractivity contribution in [1.82, 2.24) is 24.8 Å². The van der Waals surface area contributed by atoms with Crippen LogP contribution in [0.2, 0.25) is 0 Å². The fourth-order valence-corrected chi connectivity index (χ4v) is 1.89. The highest BCUT2D eigenvalue weighted by Crippen LogP contribution is 2.22. The first-order valence-corrected chi connectivity index (χ1v) is 5.03. The molecule has 0 fully saturated rings. The third kappa shape index (κ3) is 1.21. The van der Waals surface area contributed by atoms with E-state index in [9.17, 15) is 0 Å². The number of tetrazole rings is 1. The van der Waals surface area contributed by atoms with E-state index in [2.05, 4.69) is 38.3 Å². The average molecular weight is 213 g/mol. The molecule has 3 rings (SSSR count). The van der Waals surface area contributed by atoms with E-state index in [0.717, 1.165) is 11.4 Å². The van der Waals surface area contributed by atoms with E-state index >= 15 is 0 Å². The minimum absolute atomic E-state index is 0.783.